The van der Waals surface area contributed by atoms with Gasteiger partial charge in [0.25, 0.3) is 5.91 Å². The fourth-order valence-corrected chi connectivity index (χ4v) is 3.18. The maximum absolute atomic E-state index is 12.9. The van der Waals surface area contributed by atoms with Crippen LogP contribution in [0.1, 0.15) is 42.6 Å². The molecule has 0 spiro atoms. The van der Waals surface area contributed by atoms with Crippen LogP contribution in [-0.4, -0.2) is 42.6 Å². The van der Waals surface area contributed by atoms with E-state index < -0.39 is 23.5 Å². The lowest BCUT2D eigenvalue weighted by Crippen LogP contribution is -2.30. The van der Waals surface area contributed by atoms with E-state index in [4.69, 9.17) is 25.5 Å². The molecule has 1 aromatic heterocycles. The smallest absolute Gasteiger partial charge is 0.373 e. The Balaban J connectivity index is 1.91. The molecular weight excluding hydrogens is 440 g/mol. The molecule has 170 valence electrons. The van der Waals surface area contributed by atoms with Crippen molar-refractivity contribution in [1.82, 2.24) is 10.2 Å². The second kappa shape index (κ2) is 8.96. The highest BCUT2D eigenvalue weighted by Gasteiger charge is 2.35. The number of nitrogens with one attached hydrogen (secondary N) is 1. The van der Waals surface area contributed by atoms with Gasteiger partial charge in [0.15, 0.2) is 11.5 Å². The van der Waals surface area contributed by atoms with Gasteiger partial charge in [0, 0.05) is 16.7 Å². The number of esters is 1. The van der Waals surface area contributed by atoms with Crippen molar-refractivity contribution in [3.8, 4) is 11.5 Å². The number of furan rings is 1. The van der Waals surface area contributed by atoms with Crippen molar-refractivity contribution >= 4 is 35.6 Å². The van der Waals surface area contributed by atoms with Gasteiger partial charge in [-0.2, -0.15) is 0 Å². The number of carbonyl (C=O) groups is 3. The number of amides is 3. The first-order chi connectivity index (χ1) is 15.0. The Kier molecular flexibility index (Phi) is 6.50. The zero-order valence-corrected chi connectivity index (χ0v) is 19.0. The van der Waals surface area contributed by atoms with Crippen LogP contribution in [0.4, 0.5) is 4.79 Å². The zero-order chi connectivity index (χ0) is 23.6. The topological polar surface area (TPSA) is 107 Å². The number of nitrogens with zero attached hydrogens (tertiary/aromatic N) is 1. The summed E-state index contributed by atoms with van der Waals surface area (Å²) in [5, 5.41) is 2.91. The van der Waals surface area contributed by atoms with Gasteiger partial charge in [-0.15, -0.1) is 0 Å². The van der Waals surface area contributed by atoms with Gasteiger partial charge >= 0.3 is 12.0 Å². The number of urea groups is 1. The van der Waals surface area contributed by atoms with Crippen molar-refractivity contribution in [3.05, 3.63) is 52.1 Å². The van der Waals surface area contributed by atoms with Gasteiger partial charge < -0.3 is 23.9 Å². The molecule has 3 rings (SSSR count). The van der Waals surface area contributed by atoms with Gasteiger partial charge in [0.05, 0.1) is 20.8 Å². The largest absolute Gasteiger partial charge is 0.493 e. The third-order valence-electron chi connectivity index (χ3n) is 4.30. The molecule has 1 N–H and O–H groups in total. The molecule has 0 atom stereocenters. The SMILES string of the molecule is COC(=O)c1ccc(CN2C(=O)N/C(=C/c3cc(Cl)cc(OC)c3OC(C)(C)C)C2=O)o1. The Morgan fingerprint density at radius 2 is 1.94 bits per heavy atom. The highest BCUT2D eigenvalue weighted by molar-refractivity contribution is 6.31. The Morgan fingerprint density at radius 1 is 1.22 bits per heavy atom. The number of imide groups is 1. The quantitative estimate of drug-likeness (QED) is 0.392. The summed E-state index contributed by atoms with van der Waals surface area (Å²) in [7, 11) is 2.70. The lowest BCUT2D eigenvalue weighted by Gasteiger charge is -2.24. The van der Waals surface area contributed by atoms with E-state index in [0.29, 0.717) is 22.1 Å². The van der Waals surface area contributed by atoms with Crippen molar-refractivity contribution in [3.63, 3.8) is 0 Å². The van der Waals surface area contributed by atoms with Crippen molar-refractivity contribution in [1.29, 1.82) is 0 Å². The summed E-state index contributed by atoms with van der Waals surface area (Å²) in [5.74, 6) is -0.247. The van der Waals surface area contributed by atoms with Crippen molar-refractivity contribution in [2.24, 2.45) is 0 Å². The van der Waals surface area contributed by atoms with E-state index in [1.165, 1.54) is 32.4 Å². The summed E-state index contributed by atoms with van der Waals surface area (Å²) in [6.45, 7) is 5.44. The molecule has 1 fully saturated rings. The lowest BCUT2D eigenvalue weighted by atomic mass is 10.1. The number of benzene rings is 1. The second-order valence-corrected chi connectivity index (χ2v) is 8.31. The summed E-state index contributed by atoms with van der Waals surface area (Å²) in [6, 6.07) is 5.47. The average Bonchev–Trinajstić information content (AvgIpc) is 3.29. The molecule has 1 aliphatic heterocycles. The maximum atomic E-state index is 12.9. The van der Waals surface area contributed by atoms with Gasteiger partial charge in [-0.1, -0.05) is 11.6 Å². The minimum atomic E-state index is -0.657. The first-order valence-electron chi connectivity index (χ1n) is 9.60. The molecule has 0 aliphatic carbocycles. The molecule has 1 aromatic carbocycles. The van der Waals surface area contributed by atoms with Gasteiger partial charge in [-0.3, -0.25) is 9.69 Å². The highest BCUT2D eigenvalue weighted by atomic mass is 35.5. The minimum absolute atomic E-state index is 0.0258. The standard InChI is InChI=1S/C22H23ClN2O7/c1-22(2,3)32-18-12(8-13(23)10-17(18)29-4)9-15-19(26)25(21(28)24-15)11-14-6-7-16(31-14)20(27)30-5/h6-10H,11H2,1-5H3,(H,24,28)/b15-9+. The van der Waals surface area contributed by atoms with Crippen LogP contribution in [0.25, 0.3) is 6.08 Å². The molecule has 3 amide bonds. The van der Waals surface area contributed by atoms with Crippen LogP contribution in [-0.2, 0) is 16.1 Å². The van der Waals surface area contributed by atoms with E-state index in [1.807, 2.05) is 20.8 Å². The van der Waals surface area contributed by atoms with Crippen LogP contribution in [0, 0.1) is 0 Å². The van der Waals surface area contributed by atoms with Gasteiger partial charge in [0.2, 0.25) is 5.76 Å². The first-order valence-corrected chi connectivity index (χ1v) is 9.98. The molecule has 0 bridgehead atoms. The third kappa shape index (κ3) is 5.05. The third-order valence-corrected chi connectivity index (χ3v) is 4.52. The molecule has 0 unspecified atom stereocenters. The fourth-order valence-electron chi connectivity index (χ4n) is 2.96. The summed E-state index contributed by atoms with van der Waals surface area (Å²) >= 11 is 6.20. The Hall–Kier alpha value is -3.46. The summed E-state index contributed by atoms with van der Waals surface area (Å²) in [6.07, 6.45) is 1.47. The predicted molar refractivity (Wildman–Crippen MR) is 115 cm³/mol. The van der Waals surface area contributed by atoms with Crippen LogP contribution in [0.2, 0.25) is 5.02 Å². The summed E-state index contributed by atoms with van der Waals surface area (Å²) < 4.78 is 21.3. The van der Waals surface area contributed by atoms with Crippen LogP contribution in [0.5, 0.6) is 11.5 Å². The molecular formula is C22H23ClN2O7. The average molecular weight is 463 g/mol. The molecule has 1 aliphatic rings. The molecule has 32 heavy (non-hydrogen) atoms. The van der Waals surface area contributed by atoms with Crippen molar-refractivity contribution in [2.45, 2.75) is 32.9 Å². The van der Waals surface area contributed by atoms with Crippen molar-refractivity contribution in [2.75, 3.05) is 14.2 Å². The Morgan fingerprint density at radius 3 is 2.56 bits per heavy atom. The van der Waals surface area contributed by atoms with E-state index in [1.54, 1.807) is 12.1 Å². The van der Waals surface area contributed by atoms with Crippen LogP contribution >= 0.6 is 11.6 Å². The molecule has 1 saturated heterocycles. The van der Waals surface area contributed by atoms with Crippen LogP contribution in [0.15, 0.2) is 34.4 Å². The second-order valence-electron chi connectivity index (χ2n) is 7.88. The van der Waals surface area contributed by atoms with Gasteiger partial charge in [-0.25, -0.2) is 9.59 Å². The van der Waals surface area contributed by atoms with Crippen LogP contribution < -0.4 is 14.8 Å². The van der Waals surface area contributed by atoms with E-state index in [-0.39, 0.29) is 23.8 Å². The molecule has 2 aromatic rings. The number of hydrogen-bond donors (Lipinski definition) is 1. The van der Waals surface area contributed by atoms with Gasteiger partial charge in [0.1, 0.15) is 17.1 Å². The monoisotopic (exact) mass is 462 g/mol. The normalized spacial score (nSPS) is 15.2. The fraction of sp³-hybridized carbons (Fsp3) is 0.318. The number of carbonyl (C=O) groups excluding carboxylic acids is 3. The number of halogens is 1. The van der Waals surface area contributed by atoms with E-state index >= 15 is 0 Å². The predicted octanol–water partition coefficient (Wildman–Crippen LogP) is 4.00. The van der Waals surface area contributed by atoms with E-state index in [2.05, 4.69) is 10.1 Å². The molecule has 0 radical (unpaired) electrons. The zero-order valence-electron chi connectivity index (χ0n) is 18.3. The number of methoxy groups -OCH3 is 2. The van der Waals surface area contributed by atoms with Gasteiger partial charge in [-0.05, 0) is 45.0 Å². The number of rotatable bonds is 6. The van der Waals surface area contributed by atoms with E-state index in [0.717, 1.165) is 4.90 Å². The Bertz CT molecular complexity index is 1100. The Labute approximate surface area is 189 Å². The number of hydrogen-bond acceptors (Lipinski definition) is 7. The molecule has 9 nitrogen and oxygen atoms in total. The maximum Gasteiger partial charge on any atom is 0.373 e. The lowest BCUT2D eigenvalue weighted by molar-refractivity contribution is -0.123. The summed E-state index contributed by atoms with van der Waals surface area (Å²) in [4.78, 5) is 37.8. The summed E-state index contributed by atoms with van der Waals surface area (Å²) in [5.41, 5.74) is -0.0708. The first kappa shape index (κ1) is 23.2. The minimum Gasteiger partial charge on any atom is -0.493 e. The molecule has 0 saturated carbocycles. The molecule has 10 heteroatoms. The van der Waals surface area contributed by atoms with Crippen LogP contribution in [0.3, 0.4) is 0 Å². The van der Waals surface area contributed by atoms with E-state index in [9.17, 15) is 14.4 Å². The highest BCUT2D eigenvalue weighted by Crippen LogP contribution is 2.38. The molecule has 2 heterocycles. The van der Waals surface area contributed by atoms with Crippen molar-refractivity contribution < 1.29 is 33.0 Å². The number of ether oxygens (including phenoxy) is 3.